The second kappa shape index (κ2) is 8.01. The Balaban J connectivity index is 1.79. The molecule has 1 aliphatic carbocycles. The van der Waals surface area contributed by atoms with Crippen LogP contribution in [0.2, 0.25) is 0 Å². The number of hydrogen-bond acceptors (Lipinski definition) is 6. The number of carbonyl (C=O) groups excluding carboxylic acids is 2. The van der Waals surface area contributed by atoms with Crippen LogP contribution in [0, 0.1) is 16.0 Å². The van der Waals surface area contributed by atoms with E-state index in [1.807, 2.05) is 0 Å². The highest BCUT2D eigenvalue weighted by Gasteiger charge is 2.27. The van der Waals surface area contributed by atoms with E-state index in [1.165, 1.54) is 29.6 Å². The number of nitrogens with zero attached hydrogens (tertiary/aromatic N) is 1. The van der Waals surface area contributed by atoms with Crippen LogP contribution in [0.25, 0.3) is 6.08 Å². The van der Waals surface area contributed by atoms with Gasteiger partial charge in [0.2, 0.25) is 5.91 Å². The van der Waals surface area contributed by atoms with Crippen molar-refractivity contribution < 1.29 is 14.5 Å². The monoisotopic (exact) mass is 405 g/mol. The molecule has 0 saturated heterocycles. The third-order valence-corrected chi connectivity index (χ3v) is 6.57. The van der Waals surface area contributed by atoms with E-state index in [2.05, 4.69) is 17.6 Å². The molecule has 0 aromatic carbocycles. The van der Waals surface area contributed by atoms with Crippen molar-refractivity contribution >= 4 is 50.6 Å². The van der Waals surface area contributed by atoms with Crippen LogP contribution in [0.5, 0.6) is 0 Å². The summed E-state index contributed by atoms with van der Waals surface area (Å²) < 4.78 is 0. The highest BCUT2D eigenvalue weighted by Crippen LogP contribution is 2.39. The Bertz CT molecular complexity index is 929. The smallest absolute Gasteiger partial charge is 0.324 e. The van der Waals surface area contributed by atoms with E-state index in [1.54, 1.807) is 13.1 Å². The Morgan fingerprint density at radius 2 is 2.11 bits per heavy atom. The maximum Gasteiger partial charge on any atom is 0.324 e. The maximum absolute atomic E-state index is 12.3. The molecular weight excluding hydrogens is 386 g/mol. The Morgan fingerprint density at radius 3 is 2.78 bits per heavy atom. The largest absolute Gasteiger partial charge is 0.355 e. The lowest BCUT2D eigenvalue weighted by Gasteiger charge is -2.18. The quantitative estimate of drug-likeness (QED) is 0.448. The molecular formula is C18H19N3O4S2. The van der Waals surface area contributed by atoms with Crippen LogP contribution < -0.4 is 10.6 Å². The van der Waals surface area contributed by atoms with Crippen LogP contribution >= 0.6 is 22.7 Å². The molecule has 2 N–H and O–H groups in total. The summed E-state index contributed by atoms with van der Waals surface area (Å²) in [5, 5.41) is 16.7. The van der Waals surface area contributed by atoms with Gasteiger partial charge in [-0.1, -0.05) is 18.3 Å². The number of carbonyl (C=O) groups is 2. The molecule has 142 valence electrons. The standard InChI is InChI=1S/C18H19N3O4S2/c1-10-3-6-12-13(9-10)27-18(16(12)17(23)19-2)20-14(22)7-4-11-5-8-15(26-11)21(24)25/h4-5,7-8,10H,3,6,9H2,1-2H3,(H,19,23)(H,20,22)/b7-4+/t10-/m1/s1. The Labute approximate surface area is 164 Å². The van der Waals surface area contributed by atoms with Crippen molar-refractivity contribution in [2.24, 2.45) is 5.92 Å². The minimum Gasteiger partial charge on any atom is -0.355 e. The lowest BCUT2D eigenvalue weighted by Crippen LogP contribution is -2.22. The van der Waals surface area contributed by atoms with Crippen molar-refractivity contribution in [1.29, 1.82) is 0 Å². The predicted octanol–water partition coefficient (Wildman–Crippen LogP) is 3.85. The summed E-state index contributed by atoms with van der Waals surface area (Å²) in [7, 11) is 1.58. The number of amides is 2. The van der Waals surface area contributed by atoms with Crippen LogP contribution in [0.15, 0.2) is 18.2 Å². The third-order valence-electron chi connectivity index (χ3n) is 4.39. The summed E-state index contributed by atoms with van der Waals surface area (Å²) >= 11 is 2.45. The van der Waals surface area contributed by atoms with E-state index >= 15 is 0 Å². The third kappa shape index (κ3) is 4.25. The van der Waals surface area contributed by atoms with Gasteiger partial charge in [-0.3, -0.25) is 19.7 Å². The Morgan fingerprint density at radius 1 is 1.33 bits per heavy atom. The van der Waals surface area contributed by atoms with Gasteiger partial charge < -0.3 is 10.6 Å². The van der Waals surface area contributed by atoms with Gasteiger partial charge in [0.25, 0.3) is 5.91 Å². The van der Waals surface area contributed by atoms with E-state index in [0.717, 1.165) is 41.0 Å². The molecule has 0 saturated carbocycles. The van der Waals surface area contributed by atoms with Crippen LogP contribution in [-0.2, 0) is 17.6 Å². The van der Waals surface area contributed by atoms with E-state index in [4.69, 9.17) is 0 Å². The van der Waals surface area contributed by atoms with Gasteiger partial charge in [0.05, 0.1) is 10.5 Å². The molecule has 0 spiro atoms. The number of fused-ring (bicyclic) bond motifs is 1. The molecule has 1 atom stereocenters. The molecule has 0 bridgehead atoms. The van der Waals surface area contributed by atoms with E-state index < -0.39 is 4.92 Å². The Hall–Kier alpha value is -2.52. The number of nitro groups is 1. The fourth-order valence-electron chi connectivity index (χ4n) is 3.05. The van der Waals surface area contributed by atoms with Gasteiger partial charge in [0.15, 0.2) is 0 Å². The van der Waals surface area contributed by atoms with E-state index in [9.17, 15) is 19.7 Å². The minimum absolute atomic E-state index is 0.0250. The van der Waals surface area contributed by atoms with Gasteiger partial charge in [0, 0.05) is 28.9 Å². The Kier molecular flexibility index (Phi) is 5.71. The molecule has 0 aliphatic heterocycles. The molecule has 0 unspecified atom stereocenters. The highest BCUT2D eigenvalue weighted by atomic mass is 32.1. The topological polar surface area (TPSA) is 101 Å². The second-order valence-electron chi connectivity index (χ2n) is 6.39. The SMILES string of the molecule is CNC(=O)c1c(NC(=O)/C=C/c2ccc([N+](=O)[O-])s2)sc2c1CC[C@@H](C)C2. The molecule has 3 rings (SSSR count). The zero-order chi connectivity index (χ0) is 19.6. The van der Waals surface area contributed by atoms with Crippen LogP contribution in [-0.4, -0.2) is 23.8 Å². The first kappa shape index (κ1) is 19.2. The van der Waals surface area contributed by atoms with Gasteiger partial charge in [-0.05, 0) is 42.9 Å². The van der Waals surface area contributed by atoms with Gasteiger partial charge in [-0.2, -0.15) is 0 Å². The fraction of sp³-hybridized carbons (Fsp3) is 0.333. The van der Waals surface area contributed by atoms with Crippen molar-refractivity contribution in [2.45, 2.75) is 26.2 Å². The summed E-state index contributed by atoms with van der Waals surface area (Å²) in [6.45, 7) is 2.18. The van der Waals surface area contributed by atoms with Crippen molar-refractivity contribution in [3.8, 4) is 0 Å². The first-order chi connectivity index (χ1) is 12.9. The zero-order valence-corrected chi connectivity index (χ0v) is 16.5. The summed E-state index contributed by atoms with van der Waals surface area (Å²) in [5.74, 6) is -0.00943. The van der Waals surface area contributed by atoms with Gasteiger partial charge in [-0.15, -0.1) is 11.3 Å². The van der Waals surface area contributed by atoms with Gasteiger partial charge >= 0.3 is 5.00 Å². The molecule has 2 heterocycles. The molecule has 1 aliphatic rings. The van der Waals surface area contributed by atoms with Crippen molar-refractivity contribution in [2.75, 3.05) is 12.4 Å². The van der Waals surface area contributed by atoms with Crippen LogP contribution in [0.4, 0.5) is 10.0 Å². The number of rotatable bonds is 5. The highest BCUT2D eigenvalue weighted by molar-refractivity contribution is 7.17. The number of nitrogens with one attached hydrogen (secondary N) is 2. The summed E-state index contributed by atoms with van der Waals surface area (Å²) in [6, 6.07) is 2.99. The van der Waals surface area contributed by atoms with Crippen molar-refractivity contribution in [3.63, 3.8) is 0 Å². The first-order valence-electron chi connectivity index (χ1n) is 8.49. The molecule has 27 heavy (non-hydrogen) atoms. The molecule has 2 amide bonds. The van der Waals surface area contributed by atoms with E-state index in [0.29, 0.717) is 21.4 Å². The molecule has 0 fully saturated rings. The summed E-state index contributed by atoms with van der Waals surface area (Å²) in [5.41, 5.74) is 1.59. The van der Waals surface area contributed by atoms with Crippen LogP contribution in [0.3, 0.4) is 0 Å². The zero-order valence-electron chi connectivity index (χ0n) is 14.9. The average Bonchev–Trinajstić information content (AvgIpc) is 3.23. The average molecular weight is 406 g/mol. The van der Waals surface area contributed by atoms with Crippen LogP contribution in [0.1, 0.15) is 39.0 Å². The van der Waals surface area contributed by atoms with Gasteiger partial charge in [0.1, 0.15) is 5.00 Å². The number of hydrogen-bond donors (Lipinski definition) is 2. The summed E-state index contributed by atoms with van der Waals surface area (Å²) in [4.78, 5) is 36.7. The normalized spacial score (nSPS) is 16.1. The molecule has 9 heteroatoms. The predicted molar refractivity (Wildman–Crippen MR) is 108 cm³/mol. The number of thiophene rings is 2. The summed E-state index contributed by atoms with van der Waals surface area (Å²) in [6.07, 6.45) is 5.62. The maximum atomic E-state index is 12.3. The van der Waals surface area contributed by atoms with Gasteiger partial charge in [-0.25, -0.2) is 0 Å². The second-order valence-corrected chi connectivity index (χ2v) is 8.59. The van der Waals surface area contributed by atoms with Crippen molar-refractivity contribution in [3.05, 3.63) is 49.2 Å². The molecule has 2 aromatic heterocycles. The first-order valence-corrected chi connectivity index (χ1v) is 10.1. The lowest BCUT2D eigenvalue weighted by molar-refractivity contribution is -0.380. The molecule has 0 radical (unpaired) electrons. The molecule has 7 nitrogen and oxygen atoms in total. The number of anilines is 1. The minimum atomic E-state index is -0.463. The lowest BCUT2D eigenvalue weighted by atomic mass is 9.88. The van der Waals surface area contributed by atoms with Crippen molar-refractivity contribution in [1.82, 2.24) is 5.32 Å². The molecule has 2 aromatic rings. The van der Waals surface area contributed by atoms with E-state index in [-0.39, 0.29) is 16.8 Å². The fourth-order valence-corrected chi connectivity index (χ4v) is 5.18.